The lowest BCUT2D eigenvalue weighted by atomic mass is 10.1. The van der Waals surface area contributed by atoms with E-state index in [9.17, 15) is 9.59 Å². The highest BCUT2D eigenvalue weighted by atomic mass is 16.5. The first-order chi connectivity index (χ1) is 19.4. The van der Waals surface area contributed by atoms with Gasteiger partial charge >= 0.3 is 0 Å². The first-order valence-corrected chi connectivity index (χ1v) is 13.9. The Bertz CT molecular complexity index is 1380. The van der Waals surface area contributed by atoms with E-state index in [1.54, 1.807) is 4.90 Å². The molecule has 1 aromatic heterocycles. The second-order valence-electron chi connectivity index (χ2n) is 10.4. The Hall–Kier alpha value is -4.26. The predicted octanol–water partition coefficient (Wildman–Crippen LogP) is 5.51. The normalized spacial score (nSPS) is 11.7. The number of hydrogen-bond acceptors (Lipinski definition) is 4. The summed E-state index contributed by atoms with van der Waals surface area (Å²) < 4.78 is 5.73. The number of hydrogen-bond donors (Lipinski definition) is 1. The number of carbonyl (C=O) groups is 2. The van der Waals surface area contributed by atoms with E-state index in [-0.39, 0.29) is 31.0 Å². The summed E-state index contributed by atoms with van der Waals surface area (Å²) in [6.45, 7) is 4.91. The van der Waals surface area contributed by atoms with Crippen molar-refractivity contribution in [3.05, 3.63) is 96.2 Å². The maximum Gasteiger partial charge on any atom is 0.261 e. The van der Waals surface area contributed by atoms with Crippen LogP contribution in [0.1, 0.15) is 31.4 Å². The van der Waals surface area contributed by atoms with Crippen molar-refractivity contribution in [3.8, 4) is 5.75 Å². The molecule has 40 heavy (non-hydrogen) atoms. The van der Waals surface area contributed by atoms with Crippen molar-refractivity contribution in [2.75, 3.05) is 38.7 Å². The number of aromatic nitrogens is 1. The van der Waals surface area contributed by atoms with Crippen LogP contribution in [0.2, 0.25) is 0 Å². The minimum atomic E-state index is -0.196. The van der Waals surface area contributed by atoms with Crippen LogP contribution < -0.4 is 9.64 Å². The van der Waals surface area contributed by atoms with Gasteiger partial charge in [-0.05, 0) is 61.2 Å². The van der Waals surface area contributed by atoms with Crippen LogP contribution in [0.3, 0.4) is 0 Å². The number of amides is 2. The quantitative estimate of drug-likeness (QED) is 0.243. The fourth-order valence-corrected chi connectivity index (χ4v) is 4.71. The highest BCUT2D eigenvalue weighted by molar-refractivity contribution is 5.86. The Kier molecular flexibility index (Phi) is 9.84. The molecule has 4 rings (SSSR count). The number of ether oxygens (including phenoxy) is 1. The van der Waals surface area contributed by atoms with Gasteiger partial charge in [-0.2, -0.15) is 0 Å². The molecule has 0 aliphatic carbocycles. The van der Waals surface area contributed by atoms with Gasteiger partial charge in [0, 0.05) is 56.0 Å². The molecule has 7 heteroatoms. The van der Waals surface area contributed by atoms with Gasteiger partial charge in [-0.1, -0.05) is 55.5 Å². The topological polar surface area (TPSA) is 68.9 Å². The van der Waals surface area contributed by atoms with E-state index < -0.39 is 0 Å². The van der Waals surface area contributed by atoms with Gasteiger partial charge in [-0.25, -0.2) is 0 Å². The van der Waals surface area contributed by atoms with Gasteiger partial charge in [0.25, 0.3) is 5.91 Å². The van der Waals surface area contributed by atoms with Crippen LogP contribution in [0, 0.1) is 0 Å². The van der Waals surface area contributed by atoms with Gasteiger partial charge in [0.15, 0.2) is 6.61 Å². The summed E-state index contributed by atoms with van der Waals surface area (Å²) in [6.07, 6.45) is 3.47. The molecule has 1 atom stereocenters. The minimum Gasteiger partial charge on any atom is -0.484 e. The van der Waals surface area contributed by atoms with E-state index in [0.29, 0.717) is 25.3 Å². The second kappa shape index (κ2) is 13.7. The summed E-state index contributed by atoms with van der Waals surface area (Å²) in [5, 5.41) is 1.17. The molecule has 2 amide bonds. The molecule has 1 heterocycles. The van der Waals surface area contributed by atoms with Gasteiger partial charge in [-0.15, -0.1) is 0 Å². The summed E-state index contributed by atoms with van der Waals surface area (Å²) in [4.78, 5) is 36.0. The third kappa shape index (κ3) is 7.44. The van der Waals surface area contributed by atoms with Crippen molar-refractivity contribution in [3.63, 3.8) is 0 Å². The first kappa shape index (κ1) is 28.7. The fraction of sp³-hybridized carbons (Fsp3) is 0.333. The van der Waals surface area contributed by atoms with Gasteiger partial charge in [0.1, 0.15) is 12.3 Å². The molecule has 0 spiro atoms. The number of anilines is 1. The monoisotopic (exact) mass is 540 g/mol. The second-order valence-corrected chi connectivity index (χ2v) is 10.4. The minimum absolute atomic E-state index is 0.00958. The van der Waals surface area contributed by atoms with Crippen molar-refractivity contribution >= 4 is 28.4 Å². The molecule has 7 nitrogen and oxygen atoms in total. The molecule has 0 bridgehead atoms. The smallest absolute Gasteiger partial charge is 0.261 e. The van der Waals surface area contributed by atoms with Crippen LogP contribution in [0.5, 0.6) is 5.75 Å². The van der Waals surface area contributed by atoms with Crippen LogP contribution in [-0.4, -0.2) is 66.4 Å². The van der Waals surface area contributed by atoms with E-state index in [0.717, 1.165) is 23.2 Å². The van der Waals surface area contributed by atoms with E-state index in [4.69, 9.17) is 4.74 Å². The van der Waals surface area contributed by atoms with Gasteiger partial charge < -0.3 is 24.4 Å². The van der Waals surface area contributed by atoms with Crippen LogP contribution in [0.25, 0.3) is 10.9 Å². The summed E-state index contributed by atoms with van der Waals surface area (Å²) in [6, 6.07) is 25.6. The van der Waals surface area contributed by atoms with Crippen molar-refractivity contribution < 1.29 is 14.3 Å². The lowest BCUT2D eigenvalue weighted by Crippen LogP contribution is -2.48. The molecule has 0 aliphatic rings. The number of H-pyrrole nitrogens is 1. The number of aromatic amines is 1. The lowest BCUT2D eigenvalue weighted by molar-refractivity contribution is -0.143. The van der Waals surface area contributed by atoms with E-state index in [1.807, 2.05) is 81.5 Å². The van der Waals surface area contributed by atoms with Gasteiger partial charge in [0.05, 0.1) is 0 Å². The lowest BCUT2D eigenvalue weighted by Gasteiger charge is -2.31. The largest absolute Gasteiger partial charge is 0.484 e. The zero-order valence-corrected chi connectivity index (χ0v) is 24.0. The van der Waals surface area contributed by atoms with E-state index >= 15 is 0 Å². The van der Waals surface area contributed by atoms with Crippen LogP contribution >= 0.6 is 0 Å². The average molecular weight is 541 g/mol. The number of rotatable bonds is 13. The number of benzene rings is 3. The fourth-order valence-electron chi connectivity index (χ4n) is 4.71. The van der Waals surface area contributed by atoms with Crippen LogP contribution in [-0.2, 0) is 22.6 Å². The molecule has 1 unspecified atom stereocenters. The molecular formula is C33H40N4O3. The Balaban J connectivity index is 1.50. The zero-order chi connectivity index (χ0) is 28.5. The first-order valence-electron chi connectivity index (χ1n) is 13.9. The van der Waals surface area contributed by atoms with Gasteiger partial charge in [0.2, 0.25) is 5.91 Å². The molecule has 0 saturated heterocycles. The van der Waals surface area contributed by atoms with Crippen molar-refractivity contribution in [1.82, 2.24) is 14.8 Å². The summed E-state index contributed by atoms with van der Waals surface area (Å²) in [5.74, 6) is 0.358. The van der Waals surface area contributed by atoms with Crippen LogP contribution in [0.15, 0.2) is 85.1 Å². The Morgan fingerprint density at radius 3 is 2.30 bits per heavy atom. The molecule has 210 valence electrons. The standard InChI is InChI=1S/C33H40N4O3/c1-5-25(2)37(33(39)24-40-29-11-7-6-8-12-29)23-32(38)36(22-26-15-17-28(18-16-26)35(3)4)20-19-27-21-34-31-14-10-9-13-30(27)31/h6-18,21,25,34H,5,19-20,22-24H2,1-4H3. The van der Waals surface area contributed by atoms with Gasteiger partial charge in [-0.3, -0.25) is 9.59 Å². The number of fused-ring (bicyclic) bond motifs is 1. The number of nitrogens with one attached hydrogen (secondary N) is 1. The average Bonchev–Trinajstić information content (AvgIpc) is 3.40. The Labute approximate surface area is 237 Å². The van der Waals surface area contributed by atoms with E-state index in [1.165, 1.54) is 10.9 Å². The summed E-state index contributed by atoms with van der Waals surface area (Å²) in [5.41, 5.74) is 4.41. The highest BCUT2D eigenvalue weighted by Crippen LogP contribution is 2.20. The number of nitrogens with zero attached hydrogens (tertiary/aromatic N) is 3. The molecular weight excluding hydrogens is 500 g/mol. The van der Waals surface area contributed by atoms with Crippen molar-refractivity contribution in [2.45, 2.75) is 39.3 Å². The molecule has 0 fully saturated rings. The van der Waals surface area contributed by atoms with Crippen molar-refractivity contribution in [1.29, 1.82) is 0 Å². The van der Waals surface area contributed by atoms with Crippen LogP contribution in [0.4, 0.5) is 5.69 Å². The molecule has 1 N–H and O–H groups in total. The molecule has 0 aliphatic heterocycles. The zero-order valence-electron chi connectivity index (χ0n) is 24.0. The molecule has 0 radical (unpaired) electrons. The predicted molar refractivity (Wildman–Crippen MR) is 162 cm³/mol. The Morgan fingerprint density at radius 2 is 1.60 bits per heavy atom. The summed E-state index contributed by atoms with van der Waals surface area (Å²) in [7, 11) is 4.02. The number of carbonyl (C=O) groups excluding carboxylic acids is 2. The third-order valence-corrected chi connectivity index (χ3v) is 7.36. The molecule has 0 saturated carbocycles. The van der Waals surface area contributed by atoms with Crippen molar-refractivity contribution in [2.24, 2.45) is 0 Å². The number of para-hydroxylation sites is 2. The maximum atomic E-state index is 13.8. The highest BCUT2D eigenvalue weighted by Gasteiger charge is 2.25. The third-order valence-electron chi connectivity index (χ3n) is 7.36. The van der Waals surface area contributed by atoms with E-state index in [2.05, 4.69) is 46.3 Å². The molecule has 3 aromatic carbocycles. The Morgan fingerprint density at radius 1 is 0.900 bits per heavy atom. The molecule has 4 aromatic rings. The summed E-state index contributed by atoms with van der Waals surface area (Å²) >= 11 is 0. The SMILES string of the molecule is CCC(C)N(CC(=O)N(CCc1c[nH]c2ccccc12)Cc1ccc(N(C)C)cc1)C(=O)COc1ccccc1. The maximum absolute atomic E-state index is 13.8.